The molecular weight excluding hydrogens is 343 g/mol. The summed E-state index contributed by atoms with van der Waals surface area (Å²) in [6.45, 7) is -0.325. The SMILES string of the molecule is O=C(O)C[N-]c1ccccc1.O=C(O)C[N-]c1ccccc1.[Ni+2]. The number of carboxylic acid groups (broad SMARTS) is 2. The van der Waals surface area contributed by atoms with E-state index >= 15 is 0 Å². The fourth-order valence-corrected chi connectivity index (χ4v) is 1.38. The molecule has 124 valence electrons. The molecule has 0 aromatic heterocycles. The molecule has 0 saturated heterocycles. The second kappa shape index (κ2) is 12.1. The van der Waals surface area contributed by atoms with Crippen molar-refractivity contribution in [3.8, 4) is 0 Å². The standard InChI is InChI=1S/2C8H8NO2.Ni/c2*10-8(11)6-9-7-4-2-1-3-5-7;/h2*1-5H,6H2,(H,10,11);/q2*-1;+2. The van der Waals surface area contributed by atoms with Gasteiger partial charge < -0.3 is 20.8 Å². The van der Waals surface area contributed by atoms with Gasteiger partial charge in [-0.2, -0.15) is 0 Å². The fourth-order valence-electron chi connectivity index (χ4n) is 1.38. The van der Waals surface area contributed by atoms with Crippen LogP contribution in [0.1, 0.15) is 0 Å². The van der Waals surface area contributed by atoms with Crippen molar-refractivity contribution >= 4 is 23.3 Å². The smallest absolute Gasteiger partial charge is 0.675 e. The van der Waals surface area contributed by atoms with Crippen molar-refractivity contribution in [1.82, 2.24) is 0 Å². The number of aliphatic carboxylic acids is 2. The zero-order chi connectivity index (χ0) is 16.2. The van der Waals surface area contributed by atoms with Crippen LogP contribution in [0, 0.1) is 0 Å². The molecule has 0 radical (unpaired) electrons. The second-order valence-corrected chi connectivity index (χ2v) is 4.09. The normalized spacial score (nSPS) is 8.70. The summed E-state index contributed by atoms with van der Waals surface area (Å²) in [5.41, 5.74) is 1.41. The van der Waals surface area contributed by atoms with Crippen molar-refractivity contribution in [2.45, 2.75) is 0 Å². The zero-order valence-corrected chi connectivity index (χ0v) is 13.1. The number of nitrogens with zero attached hydrogens (tertiary/aromatic N) is 2. The number of hydrogen-bond acceptors (Lipinski definition) is 2. The minimum absolute atomic E-state index is 0. The van der Waals surface area contributed by atoms with Gasteiger partial charge in [0.1, 0.15) is 0 Å². The van der Waals surface area contributed by atoms with E-state index in [0.717, 1.165) is 0 Å². The molecule has 0 atom stereocenters. The Bertz CT molecular complexity index is 526. The molecule has 0 aliphatic heterocycles. The molecule has 2 aromatic rings. The Morgan fingerprint density at radius 1 is 0.696 bits per heavy atom. The number of benzene rings is 2. The van der Waals surface area contributed by atoms with Crippen LogP contribution < -0.4 is 0 Å². The second-order valence-electron chi connectivity index (χ2n) is 4.09. The number of para-hydroxylation sites is 2. The molecule has 0 fully saturated rings. The Balaban J connectivity index is 0.000000403. The average molecular weight is 359 g/mol. The summed E-state index contributed by atoms with van der Waals surface area (Å²) in [5, 5.41) is 24.2. The van der Waals surface area contributed by atoms with Crippen LogP contribution in [0.15, 0.2) is 60.7 Å². The van der Waals surface area contributed by atoms with Crippen LogP contribution in [0.25, 0.3) is 10.6 Å². The zero-order valence-electron chi connectivity index (χ0n) is 12.1. The first-order chi connectivity index (χ1) is 10.6. The molecule has 0 unspecified atom stereocenters. The van der Waals surface area contributed by atoms with E-state index in [1.807, 2.05) is 36.4 Å². The van der Waals surface area contributed by atoms with E-state index in [1.165, 1.54) is 0 Å². The van der Waals surface area contributed by atoms with E-state index in [0.29, 0.717) is 11.4 Å². The van der Waals surface area contributed by atoms with Gasteiger partial charge >= 0.3 is 16.5 Å². The van der Waals surface area contributed by atoms with Gasteiger partial charge in [-0.05, 0) is 13.1 Å². The van der Waals surface area contributed by atoms with E-state index in [4.69, 9.17) is 10.2 Å². The summed E-state index contributed by atoms with van der Waals surface area (Å²) in [6, 6.07) is 18.1. The number of rotatable bonds is 6. The molecule has 23 heavy (non-hydrogen) atoms. The molecule has 7 heteroatoms. The number of hydrogen-bond donors (Lipinski definition) is 2. The Kier molecular flexibility index (Phi) is 10.7. The summed E-state index contributed by atoms with van der Waals surface area (Å²) >= 11 is 0. The molecule has 0 saturated carbocycles. The van der Waals surface area contributed by atoms with E-state index in [2.05, 4.69) is 10.6 Å². The third-order valence-electron chi connectivity index (χ3n) is 2.31. The fraction of sp³-hybridized carbons (Fsp3) is 0.125. The first-order valence-corrected chi connectivity index (χ1v) is 6.46. The minimum atomic E-state index is -0.908. The van der Waals surface area contributed by atoms with E-state index in [9.17, 15) is 9.59 Å². The number of carboxylic acids is 2. The topological polar surface area (TPSA) is 103 Å². The van der Waals surface area contributed by atoms with Crippen LogP contribution in [0.4, 0.5) is 11.4 Å². The first-order valence-electron chi connectivity index (χ1n) is 6.46. The summed E-state index contributed by atoms with van der Waals surface area (Å²) in [5.74, 6) is -1.82. The molecule has 6 nitrogen and oxygen atoms in total. The van der Waals surface area contributed by atoms with Gasteiger partial charge in [0.15, 0.2) is 0 Å². The minimum Gasteiger partial charge on any atom is -0.675 e. The van der Waals surface area contributed by atoms with E-state index < -0.39 is 11.9 Å². The van der Waals surface area contributed by atoms with Gasteiger partial charge in [-0.25, -0.2) is 0 Å². The van der Waals surface area contributed by atoms with Gasteiger partial charge in [0.25, 0.3) is 11.9 Å². The molecule has 0 aliphatic carbocycles. The van der Waals surface area contributed by atoms with Gasteiger partial charge in [0.2, 0.25) is 0 Å². The average Bonchev–Trinajstić information content (AvgIpc) is 2.53. The maximum absolute atomic E-state index is 10.1. The van der Waals surface area contributed by atoms with Crippen LogP contribution in [0.2, 0.25) is 0 Å². The summed E-state index contributed by atoms with van der Waals surface area (Å²) in [7, 11) is 0. The Labute approximate surface area is 144 Å². The van der Waals surface area contributed by atoms with Crippen LogP contribution in [0.3, 0.4) is 0 Å². The van der Waals surface area contributed by atoms with Crippen LogP contribution in [-0.4, -0.2) is 35.2 Å². The summed E-state index contributed by atoms with van der Waals surface area (Å²) in [4.78, 5) is 20.2. The van der Waals surface area contributed by atoms with E-state index in [-0.39, 0.29) is 29.6 Å². The van der Waals surface area contributed by atoms with Crippen molar-refractivity contribution in [2.75, 3.05) is 13.1 Å². The molecular formula is C16H16N2NiO4. The van der Waals surface area contributed by atoms with Crippen molar-refractivity contribution in [3.63, 3.8) is 0 Å². The maximum Gasteiger partial charge on any atom is 2.00 e. The van der Waals surface area contributed by atoms with E-state index in [1.54, 1.807) is 24.3 Å². The summed E-state index contributed by atoms with van der Waals surface area (Å²) < 4.78 is 0. The van der Waals surface area contributed by atoms with Crippen molar-refractivity contribution in [2.24, 2.45) is 0 Å². The Hall–Kier alpha value is -2.53. The maximum atomic E-state index is 10.1. The monoisotopic (exact) mass is 358 g/mol. The predicted octanol–water partition coefficient (Wildman–Crippen LogP) is 3.55. The van der Waals surface area contributed by atoms with Crippen molar-refractivity contribution in [3.05, 3.63) is 71.3 Å². The quantitative estimate of drug-likeness (QED) is 0.770. The third-order valence-corrected chi connectivity index (χ3v) is 2.31. The predicted molar refractivity (Wildman–Crippen MR) is 83.9 cm³/mol. The number of carbonyl (C=O) groups is 2. The Morgan fingerprint density at radius 2 is 1.00 bits per heavy atom. The molecule has 2 rings (SSSR count). The van der Waals surface area contributed by atoms with Gasteiger partial charge in [-0.3, -0.25) is 9.59 Å². The Morgan fingerprint density at radius 3 is 1.26 bits per heavy atom. The van der Waals surface area contributed by atoms with Gasteiger partial charge in [-0.15, -0.1) is 11.4 Å². The molecule has 2 aromatic carbocycles. The first kappa shape index (κ1) is 20.5. The van der Waals surface area contributed by atoms with Gasteiger partial charge in [0, 0.05) is 0 Å². The molecule has 0 bridgehead atoms. The van der Waals surface area contributed by atoms with Crippen LogP contribution in [0.5, 0.6) is 0 Å². The molecule has 0 heterocycles. The third kappa shape index (κ3) is 10.8. The molecule has 2 N–H and O–H groups in total. The molecule has 0 aliphatic rings. The van der Waals surface area contributed by atoms with Gasteiger partial charge in [-0.1, -0.05) is 60.7 Å². The van der Waals surface area contributed by atoms with Crippen LogP contribution in [-0.2, 0) is 26.1 Å². The molecule has 0 spiro atoms. The van der Waals surface area contributed by atoms with Crippen molar-refractivity contribution < 1.29 is 36.3 Å². The van der Waals surface area contributed by atoms with Crippen LogP contribution >= 0.6 is 0 Å². The summed E-state index contributed by atoms with van der Waals surface area (Å²) in [6.07, 6.45) is 0. The van der Waals surface area contributed by atoms with Gasteiger partial charge in [0.05, 0.1) is 0 Å². The largest absolute Gasteiger partial charge is 2.00 e. The molecule has 0 amide bonds. The van der Waals surface area contributed by atoms with Crippen molar-refractivity contribution in [1.29, 1.82) is 0 Å².